The van der Waals surface area contributed by atoms with Crippen molar-refractivity contribution in [3.05, 3.63) is 18.2 Å². The lowest BCUT2D eigenvalue weighted by Gasteiger charge is -2.35. The van der Waals surface area contributed by atoms with Gasteiger partial charge in [0.2, 0.25) is 21.8 Å². The van der Waals surface area contributed by atoms with Crippen LogP contribution in [0.4, 0.5) is 0 Å². The second kappa shape index (κ2) is 8.97. The lowest BCUT2D eigenvalue weighted by atomic mass is 10.3. The summed E-state index contributed by atoms with van der Waals surface area (Å²) in [6.45, 7) is 2.58. The number of benzene rings is 1. The van der Waals surface area contributed by atoms with Crippen LogP contribution in [0.15, 0.2) is 23.1 Å². The molecule has 0 radical (unpaired) electrons. The number of ether oxygens (including phenoxy) is 2. The number of rotatable bonds is 6. The highest BCUT2D eigenvalue weighted by Gasteiger charge is 2.31. The number of hydrogen-bond donors (Lipinski definition) is 1. The summed E-state index contributed by atoms with van der Waals surface area (Å²) in [6.07, 6.45) is 0. The number of carbonyl (C=O) groups is 2. The molecule has 2 aliphatic rings. The number of carbonyl (C=O) groups excluding carboxylic acids is 2. The van der Waals surface area contributed by atoms with Gasteiger partial charge in [0.05, 0.1) is 32.2 Å². The maximum absolute atomic E-state index is 13.0. The Morgan fingerprint density at radius 1 is 1.07 bits per heavy atom. The fourth-order valence-electron chi connectivity index (χ4n) is 3.42. The number of nitrogens with one attached hydrogen (secondary N) is 1. The van der Waals surface area contributed by atoms with E-state index in [1.807, 2.05) is 0 Å². The van der Waals surface area contributed by atoms with Gasteiger partial charge in [-0.1, -0.05) is 0 Å². The molecule has 11 heteroatoms. The third kappa shape index (κ3) is 4.80. The average Bonchev–Trinajstić information content (AvgIpc) is 2.73. The highest BCUT2D eigenvalue weighted by Crippen LogP contribution is 2.30. The molecule has 2 amide bonds. The van der Waals surface area contributed by atoms with Gasteiger partial charge in [-0.15, -0.1) is 0 Å². The topological polar surface area (TPSA) is 108 Å². The fraction of sp³-hybridized carbons (Fsp3) is 0.556. The summed E-state index contributed by atoms with van der Waals surface area (Å²) >= 11 is 0. The second-order valence-electron chi connectivity index (χ2n) is 6.86. The minimum Gasteiger partial charge on any atom is -0.493 e. The maximum Gasteiger partial charge on any atom is 0.243 e. The monoisotopic (exact) mass is 426 g/mol. The van der Waals surface area contributed by atoms with Crippen LogP contribution < -0.4 is 14.8 Å². The van der Waals surface area contributed by atoms with E-state index in [4.69, 9.17) is 9.47 Å². The number of sulfonamides is 1. The predicted octanol–water partition coefficient (Wildman–Crippen LogP) is -1.03. The first-order valence-corrected chi connectivity index (χ1v) is 10.8. The zero-order valence-electron chi connectivity index (χ0n) is 16.6. The van der Waals surface area contributed by atoms with Crippen LogP contribution >= 0.6 is 0 Å². The maximum atomic E-state index is 13.0. The van der Waals surface area contributed by atoms with E-state index >= 15 is 0 Å². The molecule has 0 saturated carbocycles. The Labute approximate surface area is 170 Å². The van der Waals surface area contributed by atoms with E-state index in [1.54, 1.807) is 15.9 Å². The smallest absolute Gasteiger partial charge is 0.243 e. The number of amides is 2. The van der Waals surface area contributed by atoms with E-state index in [0.717, 1.165) is 0 Å². The summed E-state index contributed by atoms with van der Waals surface area (Å²) in [7, 11) is -0.773. The summed E-state index contributed by atoms with van der Waals surface area (Å²) in [5.41, 5.74) is 0. The lowest BCUT2D eigenvalue weighted by Crippen LogP contribution is -2.55. The Morgan fingerprint density at radius 3 is 2.38 bits per heavy atom. The van der Waals surface area contributed by atoms with Crippen molar-refractivity contribution in [1.82, 2.24) is 19.4 Å². The third-order valence-electron chi connectivity index (χ3n) is 5.06. The quantitative estimate of drug-likeness (QED) is 0.620. The molecule has 0 aromatic heterocycles. The Morgan fingerprint density at radius 2 is 1.76 bits per heavy atom. The Hall–Kier alpha value is -2.37. The molecule has 2 fully saturated rings. The van der Waals surface area contributed by atoms with E-state index in [1.165, 1.54) is 30.7 Å². The van der Waals surface area contributed by atoms with E-state index < -0.39 is 10.0 Å². The summed E-state index contributed by atoms with van der Waals surface area (Å²) in [5.74, 6) is 0.610. The van der Waals surface area contributed by atoms with Crippen molar-refractivity contribution in [3.63, 3.8) is 0 Å². The molecular weight excluding hydrogens is 400 g/mol. The Bertz CT molecular complexity index is 867. The normalized spacial score (nSPS) is 19.0. The van der Waals surface area contributed by atoms with Crippen molar-refractivity contribution < 1.29 is 27.5 Å². The van der Waals surface area contributed by atoms with Crippen LogP contribution in [0.25, 0.3) is 0 Å². The van der Waals surface area contributed by atoms with Gasteiger partial charge >= 0.3 is 0 Å². The van der Waals surface area contributed by atoms with Gasteiger partial charge in [-0.2, -0.15) is 4.31 Å². The summed E-state index contributed by atoms with van der Waals surface area (Å²) in [6, 6.07) is 4.48. The molecule has 2 heterocycles. The Balaban J connectivity index is 1.60. The van der Waals surface area contributed by atoms with E-state index in [9.17, 15) is 18.0 Å². The predicted molar refractivity (Wildman–Crippen MR) is 104 cm³/mol. The van der Waals surface area contributed by atoms with Crippen molar-refractivity contribution in [1.29, 1.82) is 0 Å². The standard InChI is InChI=1S/C18H26N4O6S/c1-27-15-4-3-14(11-16(15)28-2)29(25,26)22-9-7-21(8-10-22)18(24)13-20-6-5-19-17(23)12-20/h3-4,11H,5-10,12-13H2,1-2H3,(H,19,23). The minimum absolute atomic E-state index is 0.0881. The van der Waals surface area contributed by atoms with Gasteiger partial charge in [0.1, 0.15) is 0 Å². The van der Waals surface area contributed by atoms with Crippen molar-refractivity contribution in [3.8, 4) is 11.5 Å². The average molecular weight is 426 g/mol. The second-order valence-corrected chi connectivity index (χ2v) is 8.80. The molecule has 0 bridgehead atoms. The molecule has 2 aliphatic heterocycles. The van der Waals surface area contributed by atoms with Gasteiger partial charge in [-0.05, 0) is 12.1 Å². The van der Waals surface area contributed by atoms with Gasteiger partial charge in [-0.25, -0.2) is 8.42 Å². The molecular formula is C18H26N4O6S. The molecule has 0 atom stereocenters. The third-order valence-corrected chi connectivity index (χ3v) is 6.96. The summed E-state index contributed by atoms with van der Waals surface area (Å²) in [5, 5.41) is 2.72. The zero-order valence-corrected chi connectivity index (χ0v) is 17.4. The van der Waals surface area contributed by atoms with Crippen molar-refractivity contribution in [2.75, 3.05) is 66.6 Å². The summed E-state index contributed by atoms with van der Waals surface area (Å²) in [4.78, 5) is 27.5. The molecule has 0 unspecified atom stereocenters. The van der Waals surface area contributed by atoms with Gasteiger partial charge in [0.25, 0.3) is 0 Å². The first-order chi connectivity index (χ1) is 13.8. The van der Waals surface area contributed by atoms with Crippen LogP contribution in [0, 0.1) is 0 Å². The zero-order chi connectivity index (χ0) is 21.0. The molecule has 3 rings (SSSR count). The minimum atomic E-state index is -3.71. The van der Waals surface area contributed by atoms with Gasteiger partial charge in [0, 0.05) is 45.3 Å². The summed E-state index contributed by atoms with van der Waals surface area (Å²) < 4.78 is 37.6. The first kappa shape index (κ1) is 21.3. The van der Waals surface area contributed by atoms with Crippen molar-refractivity contribution in [2.24, 2.45) is 0 Å². The Kier molecular flexibility index (Phi) is 6.60. The van der Waals surface area contributed by atoms with Crippen LogP contribution in [0.3, 0.4) is 0 Å². The van der Waals surface area contributed by atoms with Crippen LogP contribution in [0.5, 0.6) is 11.5 Å². The van der Waals surface area contributed by atoms with Crippen LogP contribution in [-0.4, -0.2) is 101 Å². The molecule has 0 spiro atoms. The largest absolute Gasteiger partial charge is 0.493 e. The van der Waals surface area contributed by atoms with E-state index in [-0.39, 0.29) is 42.9 Å². The molecule has 1 aromatic rings. The lowest BCUT2D eigenvalue weighted by molar-refractivity contribution is -0.135. The van der Waals surface area contributed by atoms with Crippen molar-refractivity contribution in [2.45, 2.75) is 4.90 Å². The van der Waals surface area contributed by atoms with E-state index in [0.29, 0.717) is 37.7 Å². The molecule has 1 aromatic carbocycles. The first-order valence-electron chi connectivity index (χ1n) is 9.34. The van der Waals surface area contributed by atoms with Gasteiger partial charge in [-0.3, -0.25) is 14.5 Å². The molecule has 160 valence electrons. The van der Waals surface area contributed by atoms with Crippen molar-refractivity contribution >= 4 is 21.8 Å². The molecule has 1 N–H and O–H groups in total. The molecule has 2 saturated heterocycles. The highest BCUT2D eigenvalue weighted by molar-refractivity contribution is 7.89. The van der Waals surface area contributed by atoms with Crippen LogP contribution in [-0.2, 0) is 19.6 Å². The van der Waals surface area contributed by atoms with E-state index in [2.05, 4.69) is 5.32 Å². The SMILES string of the molecule is COc1ccc(S(=O)(=O)N2CCN(C(=O)CN3CCNC(=O)C3)CC2)cc1OC. The van der Waals surface area contributed by atoms with Gasteiger partial charge in [0.15, 0.2) is 11.5 Å². The number of nitrogens with zero attached hydrogens (tertiary/aromatic N) is 3. The van der Waals surface area contributed by atoms with Crippen LogP contribution in [0.1, 0.15) is 0 Å². The number of hydrogen-bond acceptors (Lipinski definition) is 7. The molecule has 10 nitrogen and oxygen atoms in total. The van der Waals surface area contributed by atoms with Gasteiger partial charge < -0.3 is 19.7 Å². The molecule has 29 heavy (non-hydrogen) atoms. The molecule has 0 aliphatic carbocycles. The van der Waals surface area contributed by atoms with Crippen LogP contribution in [0.2, 0.25) is 0 Å². The number of methoxy groups -OCH3 is 2. The highest BCUT2D eigenvalue weighted by atomic mass is 32.2. The fourth-order valence-corrected chi connectivity index (χ4v) is 4.86. The number of piperazine rings is 2.